The molecule has 0 spiro atoms. The predicted molar refractivity (Wildman–Crippen MR) is 95.8 cm³/mol. The number of nitrogens with zero attached hydrogens (tertiary/aromatic N) is 4. The summed E-state index contributed by atoms with van der Waals surface area (Å²) in [6, 6.07) is 5.75. The Morgan fingerprint density at radius 2 is 2.23 bits per heavy atom. The van der Waals surface area contributed by atoms with Crippen molar-refractivity contribution in [1.29, 1.82) is 0 Å². The summed E-state index contributed by atoms with van der Waals surface area (Å²) in [5.74, 6) is 2.15. The molecular formula is C18H25N5O3. The van der Waals surface area contributed by atoms with Crippen molar-refractivity contribution in [2.45, 2.75) is 38.7 Å². The van der Waals surface area contributed by atoms with E-state index in [1.54, 1.807) is 0 Å². The maximum absolute atomic E-state index is 12.6. The van der Waals surface area contributed by atoms with Gasteiger partial charge in [0.2, 0.25) is 17.7 Å². The molecule has 0 saturated carbocycles. The van der Waals surface area contributed by atoms with E-state index < -0.39 is 0 Å². The molecule has 8 nitrogen and oxygen atoms in total. The molecule has 3 heterocycles. The van der Waals surface area contributed by atoms with Gasteiger partial charge in [-0.05, 0) is 12.1 Å². The van der Waals surface area contributed by atoms with Gasteiger partial charge in [0.05, 0.1) is 18.8 Å². The van der Waals surface area contributed by atoms with Crippen molar-refractivity contribution in [3.05, 3.63) is 35.7 Å². The molecule has 1 aliphatic rings. The number of aromatic nitrogens is 3. The third-order valence-corrected chi connectivity index (χ3v) is 4.30. The maximum atomic E-state index is 12.6. The topological polar surface area (TPSA) is 93.4 Å². The second-order valence-corrected chi connectivity index (χ2v) is 6.59. The van der Waals surface area contributed by atoms with Crippen molar-refractivity contribution in [3.8, 4) is 0 Å². The standard InChI is InChI=1S/C18H25N5O3/c1-12(2)18-22-21-16(26-18)7-8-17(24)23-9-10-25-14(11-23)13-5-4-6-15(19-3)20-13/h4-6,12,14H,7-11H2,1-3H3,(H,19,20)/t14-/m0/s1. The lowest BCUT2D eigenvalue weighted by Crippen LogP contribution is -2.42. The van der Waals surface area contributed by atoms with Gasteiger partial charge in [-0.2, -0.15) is 0 Å². The number of carbonyl (C=O) groups excluding carboxylic acids is 1. The van der Waals surface area contributed by atoms with Crippen LogP contribution in [0.15, 0.2) is 22.6 Å². The number of aryl methyl sites for hydroxylation is 1. The molecule has 1 atom stereocenters. The average molecular weight is 359 g/mol. The highest BCUT2D eigenvalue weighted by Gasteiger charge is 2.26. The molecule has 0 aromatic carbocycles. The zero-order valence-electron chi connectivity index (χ0n) is 15.4. The number of hydrogen-bond donors (Lipinski definition) is 1. The zero-order chi connectivity index (χ0) is 18.5. The van der Waals surface area contributed by atoms with Crippen molar-refractivity contribution in [2.24, 2.45) is 0 Å². The highest BCUT2D eigenvalue weighted by Crippen LogP contribution is 2.22. The van der Waals surface area contributed by atoms with Gasteiger partial charge in [-0.15, -0.1) is 10.2 Å². The molecule has 1 fully saturated rings. The van der Waals surface area contributed by atoms with Gasteiger partial charge < -0.3 is 19.4 Å². The maximum Gasteiger partial charge on any atom is 0.223 e. The lowest BCUT2D eigenvalue weighted by molar-refractivity contribution is -0.139. The SMILES string of the molecule is CNc1cccc([C@@H]2CN(C(=O)CCc3nnc(C(C)C)o3)CCO2)n1. The highest BCUT2D eigenvalue weighted by atomic mass is 16.5. The Labute approximate surface area is 153 Å². The van der Waals surface area contributed by atoms with E-state index in [1.165, 1.54) is 0 Å². The second kappa shape index (κ2) is 8.27. The minimum Gasteiger partial charge on any atom is -0.425 e. The zero-order valence-corrected chi connectivity index (χ0v) is 15.4. The fraction of sp³-hybridized carbons (Fsp3) is 0.556. The molecule has 0 radical (unpaired) electrons. The Morgan fingerprint density at radius 1 is 1.38 bits per heavy atom. The monoisotopic (exact) mass is 359 g/mol. The number of rotatable bonds is 6. The Bertz CT molecular complexity index is 746. The van der Waals surface area contributed by atoms with Crippen LogP contribution in [0.1, 0.15) is 49.8 Å². The molecule has 3 rings (SSSR count). The predicted octanol–water partition coefficient (Wildman–Crippen LogP) is 2.16. The fourth-order valence-electron chi connectivity index (χ4n) is 2.80. The van der Waals surface area contributed by atoms with Crippen molar-refractivity contribution >= 4 is 11.7 Å². The van der Waals surface area contributed by atoms with Gasteiger partial charge in [0.15, 0.2) is 0 Å². The van der Waals surface area contributed by atoms with E-state index in [4.69, 9.17) is 9.15 Å². The summed E-state index contributed by atoms with van der Waals surface area (Å²) in [7, 11) is 1.83. The van der Waals surface area contributed by atoms with Crippen LogP contribution in [0.25, 0.3) is 0 Å². The summed E-state index contributed by atoms with van der Waals surface area (Å²) in [6.45, 7) is 5.57. The molecule has 1 saturated heterocycles. The molecule has 1 amide bonds. The van der Waals surface area contributed by atoms with E-state index in [-0.39, 0.29) is 17.9 Å². The molecule has 2 aromatic heterocycles. The van der Waals surface area contributed by atoms with Crippen LogP contribution in [0.2, 0.25) is 0 Å². The van der Waals surface area contributed by atoms with Gasteiger partial charge in [0.1, 0.15) is 11.9 Å². The van der Waals surface area contributed by atoms with Crippen LogP contribution in [0.3, 0.4) is 0 Å². The van der Waals surface area contributed by atoms with Gasteiger partial charge in [-0.25, -0.2) is 4.98 Å². The van der Waals surface area contributed by atoms with Crippen molar-refractivity contribution in [1.82, 2.24) is 20.1 Å². The first-order chi connectivity index (χ1) is 12.6. The molecule has 0 bridgehead atoms. The number of hydrogen-bond acceptors (Lipinski definition) is 7. The van der Waals surface area contributed by atoms with E-state index in [0.717, 1.165) is 11.5 Å². The summed E-state index contributed by atoms with van der Waals surface area (Å²) >= 11 is 0. The summed E-state index contributed by atoms with van der Waals surface area (Å²) < 4.78 is 11.4. The molecule has 0 aliphatic carbocycles. The number of amides is 1. The molecular weight excluding hydrogens is 334 g/mol. The number of nitrogens with one attached hydrogen (secondary N) is 1. The molecule has 26 heavy (non-hydrogen) atoms. The van der Waals surface area contributed by atoms with Crippen molar-refractivity contribution in [3.63, 3.8) is 0 Å². The number of carbonyl (C=O) groups is 1. The lowest BCUT2D eigenvalue weighted by Gasteiger charge is -2.32. The van der Waals surface area contributed by atoms with Crippen LogP contribution in [0.5, 0.6) is 0 Å². The van der Waals surface area contributed by atoms with Gasteiger partial charge in [-0.3, -0.25) is 4.79 Å². The molecule has 8 heteroatoms. The van der Waals surface area contributed by atoms with Gasteiger partial charge in [-0.1, -0.05) is 19.9 Å². The molecule has 1 aliphatic heterocycles. The van der Waals surface area contributed by atoms with Crippen LogP contribution in [0, 0.1) is 0 Å². The third kappa shape index (κ3) is 4.37. The van der Waals surface area contributed by atoms with Crippen molar-refractivity contribution in [2.75, 3.05) is 32.1 Å². The first kappa shape index (κ1) is 18.3. The van der Waals surface area contributed by atoms with Crippen LogP contribution in [-0.4, -0.2) is 52.7 Å². The van der Waals surface area contributed by atoms with Crippen LogP contribution in [-0.2, 0) is 16.0 Å². The first-order valence-electron chi connectivity index (χ1n) is 8.93. The second-order valence-electron chi connectivity index (χ2n) is 6.59. The largest absolute Gasteiger partial charge is 0.425 e. The quantitative estimate of drug-likeness (QED) is 0.845. The number of pyridine rings is 1. The Balaban J connectivity index is 1.57. The van der Waals surface area contributed by atoms with Crippen LogP contribution >= 0.6 is 0 Å². The highest BCUT2D eigenvalue weighted by molar-refractivity contribution is 5.76. The minimum atomic E-state index is -0.211. The Morgan fingerprint density at radius 3 is 2.96 bits per heavy atom. The summed E-state index contributed by atoms with van der Waals surface area (Å²) in [6.07, 6.45) is 0.585. The summed E-state index contributed by atoms with van der Waals surface area (Å²) in [5.41, 5.74) is 0.827. The lowest BCUT2D eigenvalue weighted by atomic mass is 10.1. The average Bonchev–Trinajstić information content (AvgIpc) is 3.15. The van der Waals surface area contributed by atoms with E-state index in [2.05, 4.69) is 20.5 Å². The molecule has 140 valence electrons. The molecule has 1 N–H and O–H groups in total. The van der Waals surface area contributed by atoms with Crippen LogP contribution in [0.4, 0.5) is 5.82 Å². The number of anilines is 1. The number of ether oxygens (including phenoxy) is 1. The summed E-state index contributed by atoms with van der Waals surface area (Å²) in [5, 5.41) is 11.0. The van der Waals surface area contributed by atoms with Crippen LogP contribution < -0.4 is 5.32 Å². The molecule has 2 aromatic rings. The van der Waals surface area contributed by atoms with Gasteiger partial charge in [0.25, 0.3) is 0 Å². The fourth-order valence-corrected chi connectivity index (χ4v) is 2.80. The van der Waals surface area contributed by atoms with E-state index in [0.29, 0.717) is 44.3 Å². The Hall–Kier alpha value is -2.48. The van der Waals surface area contributed by atoms with Crippen molar-refractivity contribution < 1.29 is 13.9 Å². The van der Waals surface area contributed by atoms with E-state index in [9.17, 15) is 4.79 Å². The van der Waals surface area contributed by atoms with E-state index in [1.807, 2.05) is 44.0 Å². The van der Waals surface area contributed by atoms with Gasteiger partial charge in [0, 0.05) is 32.4 Å². The van der Waals surface area contributed by atoms with Gasteiger partial charge >= 0.3 is 0 Å². The number of morpholine rings is 1. The smallest absolute Gasteiger partial charge is 0.223 e. The normalized spacial score (nSPS) is 17.5. The minimum absolute atomic E-state index is 0.0624. The third-order valence-electron chi connectivity index (χ3n) is 4.30. The molecule has 0 unspecified atom stereocenters. The first-order valence-corrected chi connectivity index (χ1v) is 8.93. The summed E-state index contributed by atoms with van der Waals surface area (Å²) in [4.78, 5) is 18.9. The Kier molecular flexibility index (Phi) is 5.82. The van der Waals surface area contributed by atoms with E-state index >= 15 is 0 Å².